The summed E-state index contributed by atoms with van der Waals surface area (Å²) >= 11 is 0. The van der Waals surface area contributed by atoms with Crippen LogP contribution in [0.3, 0.4) is 0 Å². The Balaban J connectivity index is 1.52. The molecular formula is C26H25FN4O3. The van der Waals surface area contributed by atoms with Crippen molar-refractivity contribution in [1.82, 2.24) is 4.98 Å². The summed E-state index contributed by atoms with van der Waals surface area (Å²) in [5, 5.41) is 0. The molecule has 6 rings (SSSR count). The SMILES string of the molecule is CC1(C)CN(c2cc(F)c3c(c2)[C@]2(COC(N)=N2)c2cc(-c4cccnc4)ccc2O3)CCO1. The minimum Gasteiger partial charge on any atom is -0.462 e. The van der Waals surface area contributed by atoms with Gasteiger partial charge in [0.2, 0.25) is 0 Å². The Kier molecular flexibility index (Phi) is 4.57. The Morgan fingerprint density at radius 3 is 2.71 bits per heavy atom. The molecule has 3 aliphatic rings. The predicted octanol–water partition coefficient (Wildman–Crippen LogP) is 4.20. The van der Waals surface area contributed by atoms with Crippen LogP contribution in [0.2, 0.25) is 0 Å². The average Bonchev–Trinajstić information content (AvgIpc) is 3.22. The average molecular weight is 461 g/mol. The van der Waals surface area contributed by atoms with Gasteiger partial charge in [0.05, 0.1) is 12.2 Å². The first kappa shape index (κ1) is 20.9. The Morgan fingerprint density at radius 2 is 1.97 bits per heavy atom. The number of halogens is 1. The Hall–Kier alpha value is -3.65. The summed E-state index contributed by atoms with van der Waals surface area (Å²) in [4.78, 5) is 11.1. The third-order valence-electron chi connectivity index (χ3n) is 6.63. The first-order valence-electron chi connectivity index (χ1n) is 11.3. The van der Waals surface area contributed by atoms with E-state index in [1.54, 1.807) is 12.4 Å². The molecule has 3 aliphatic heterocycles. The van der Waals surface area contributed by atoms with E-state index < -0.39 is 11.4 Å². The second-order valence-electron chi connectivity index (χ2n) is 9.49. The largest absolute Gasteiger partial charge is 0.462 e. The van der Waals surface area contributed by atoms with Crippen LogP contribution in [0.1, 0.15) is 25.0 Å². The molecule has 1 spiro atoms. The predicted molar refractivity (Wildman–Crippen MR) is 127 cm³/mol. The van der Waals surface area contributed by atoms with E-state index >= 15 is 4.39 Å². The number of morpholine rings is 1. The number of hydrogen-bond donors (Lipinski definition) is 1. The highest BCUT2D eigenvalue weighted by atomic mass is 19.1. The third-order valence-corrected chi connectivity index (χ3v) is 6.63. The fourth-order valence-electron chi connectivity index (χ4n) is 5.03. The smallest absolute Gasteiger partial charge is 0.283 e. The molecule has 0 aliphatic carbocycles. The molecule has 0 unspecified atom stereocenters. The van der Waals surface area contributed by atoms with Gasteiger partial charge in [-0.15, -0.1) is 0 Å². The van der Waals surface area contributed by atoms with Crippen molar-refractivity contribution in [1.29, 1.82) is 0 Å². The minimum atomic E-state index is -1.01. The molecule has 34 heavy (non-hydrogen) atoms. The highest BCUT2D eigenvalue weighted by Crippen LogP contribution is 2.53. The summed E-state index contributed by atoms with van der Waals surface area (Å²) in [6.45, 7) is 6.10. The zero-order chi connectivity index (χ0) is 23.5. The lowest BCUT2D eigenvalue weighted by Gasteiger charge is -2.40. The maximum atomic E-state index is 15.5. The van der Waals surface area contributed by atoms with Gasteiger partial charge >= 0.3 is 0 Å². The van der Waals surface area contributed by atoms with Crippen LogP contribution in [0.25, 0.3) is 11.1 Å². The van der Waals surface area contributed by atoms with Gasteiger partial charge in [0.25, 0.3) is 6.02 Å². The van der Waals surface area contributed by atoms with E-state index in [2.05, 4.69) is 9.88 Å². The molecule has 2 aromatic carbocycles. The number of benzene rings is 2. The van der Waals surface area contributed by atoms with Gasteiger partial charge in [0.15, 0.2) is 17.1 Å². The van der Waals surface area contributed by atoms with Crippen LogP contribution >= 0.6 is 0 Å². The van der Waals surface area contributed by atoms with E-state index in [1.165, 1.54) is 6.07 Å². The van der Waals surface area contributed by atoms with Crippen molar-refractivity contribution in [2.75, 3.05) is 31.2 Å². The summed E-state index contributed by atoms with van der Waals surface area (Å²) in [5.74, 6) is 0.236. The number of rotatable bonds is 2. The zero-order valence-corrected chi connectivity index (χ0v) is 19.0. The van der Waals surface area contributed by atoms with Crippen molar-refractivity contribution in [3.05, 3.63) is 71.8 Å². The van der Waals surface area contributed by atoms with Crippen LogP contribution < -0.4 is 15.4 Å². The number of ether oxygens (including phenoxy) is 3. The summed E-state index contributed by atoms with van der Waals surface area (Å²) in [6, 6.07) is 13.2. The lowest BCUT2D eigenvalue weighted by atomic mass is 9.80. The molecule has 174 valence electrons. The number of amidine groups is 1. The number of aromatic nitrogens is 1. The van der Waals surface area contributed by atoms with Crippen LogP contribution in [0.4, 0.5) is 10.1 Å². The molecule has 1 saturated heterocycles. The van der Waals surface area contributed by atoms with Gasteiger partial charge in [-0.2, -0.15) is 0 Å². The number of aliphatic imine (C=N–C) groups is 1. The summed E-state index contributed by atoms with van der Waals surface area (Å²) in [5.41, 5.74) is 8.71. The maximum Gasteiger partial charge on any atom is 0.283 e. The topological polar surface area (TPSA) is 82.2 Å². The minimum absolute atomic E-state index is 0.0731. The number of nitrogens with two attached hydrogens (primary N) is 1. The summed E-state index contributed by atoms with van der Waals surface area (Å²) in [6.07, 6.45) is 3.53. The second-order valence-corrected chi connectivity index (χ2v) is 9.49. The standard InChI is InChI=1S/C26H25FN4O3/c1-25(2)14-31(8-9-33-25)18-11-20-23(21(27)12-18)34-22-6-5-16(17-4-3-7-29-13-17)10-19(22)26(20)15-32-24(28)30-26/h3-7,10-13H,8-9,14-15H2,1-2H3,(H2,28,30)/t26-/m0/s1. The Bertz CT molecular complexity index is 1310. The first-order chi connectivity index (χ1) is 16.3. The van der Waals surface area contributed by atoms with Gasteiger partial charge in [-0.3, -0.25) is 4.98 Å². The lowest BCUT2D eigenvalue weighted by Crippen LogP contribution is -2.48. The molecular weight excluding hydrogens is 435 g/mol. The molecule has 2 N–H and O–H groups in total. The van der Waals surface area contributed by atoms with Crippen LogP contribution in [0.15, 0.2) is 59.9 Å². The molecule has 0 amide bonds. The van der Waals surface area contributed by atoms with Crippen molar-refractivity contribution in [2.45, 2.75) is 25.0 Å². The van der Waals surface area contributed by atoms with E-state index in [9.17, 15) is 0 Å². The van der Waals surface area contributed by atoms with Crippen LogP contribution in [-0.2, 0) is 15.0 Å². The van der Waals surface area contributed by atoms with Gasteiger partial charge in [-0.05, 0) is 43.7 Å². The monoisotopic (exact) mass is 460 g/mol. The third kappa shape index (κ3) is 3.28. The van der Waals surface area contributed by atoms with Crippen molar-refractivity contribution in [3.63, 3.8) is 0 Å². The number of anilines is 1. The Labute approximate surface area is 197 Å². The quantitative estimate of drug-likeness (QED) is 0.617. The molecule has 0 radical (unpaired) electrons. The van der Waals surface area contributed by atoms with Crippen molar-refractivity contribution >= 4 is 11.7 Å². The molecule has 4 heterocycles. The van der Waals surface area contributed by atoms with Crippen molar-refractivity contribution in [3.8, 4) is 22.6 Å². The van der Waals surface area contributed by atoms with E-state index in [0.717, 1.165) is 22.4 Å². The Morgan fingerprint density at radius 1 is 1.09 bits per heavy atom. The van der Waals surface area contributed by atoms with Crippen molar-refractivity contribution < 1.29 is 18.6 Å². The highest BCUT2D eigenvalue weighted by Gasteiger charge is 2.48. The second kappa shape index (κ2) is 7.43. The van der Waals surface area contributed by atoms with Crippen LogP contribution in [0.5, 0.6) is 11.5 Å². The normalized spacial score (nSPS) is 22.4. The van der Waals surface area contributed by atoms with E-state index in [1.807, 2.05) is 50.2 Å². The highest BCUT2D eigenvalue weighted by molar-refractivity contribution is 5.78. The number of hydrogen-bond acceptors (Lipinski definition) is 7. The fraction of sp³-hybridized carbons (Fsp3) is 0.308. The molecule has 1 aromatic heterocycles. The van der Waals surface area contributed by atoms with E-state index in [0.29, 0.717) is 31.0 Å². The lowest BCUT2D eigenvalue weighted by molar-refractivity contribution is -0.0277. The van der Waals surface area contributed by atoms with Gasteiger partial charge in [0.1, 0.15) is 12.4 Å². The van der Waals surface area contributed by atoms with E-state index in [-0.39, 0.29) is 24.0 Å². The van der Waals surface area contributed by atoms with Crippen molar-refractivity contribution in [2.24, 2.45) is 10.7 Å². The first-order valence-corrected chi connectivity index (χ1v) is 11.3. The molecule has 3 aromatic rings. The summed E-state index contributed by atoms with van der Waals surface area (Å²) < 4.78 is 33.2. The van der Waals surface area contributed by atoms with Gasteiger partial charge in [-0.25, -0.2) is 9.38 Å². The van der Waals surface area contributed by atoms with Crippen LogP contribution in [-0.4, -0.2) is 42.9 Å². The molecule has 8 heteroatoms. The molecule has 7 nitrogen and oxygen atoms in total. The van der Waals surface area contributed by atoms with Crippen LogP contribution in [0, 0.1) is 5.82 Å². The van der Waals surface area contributed by atoms with Gasteiger partial charge < -0.3 is 24.8 Å². The number of fused-ring (bicyclic) bond motifs is 4. The molecule has 1 atom stereocenters. The number of pyridine rings is 1. The fourth-order valence-corrected chi connectivity index (χ4v) is 5.03. The molecule has 0 saturated carbocycles. The summed E-state index contributed by atoms with van der Waals surface area (Å²) in [7, 11) is 0. The van der Waals surface area contributed by atoms with Gasteiger partial charge in [-0.1, -0.05) is 12.1 Å². The molecule has 0 bridgehead atoms. The zero-order valence-electron chi connectivity index (χ0n) is 19.0. The maximum absolute atomic E-state index is 15.5. The van der Waals surface area contributed by atoms with E-state index in [4.69, 9.17) is 24.9 Å². The van der Waals surface area contributed by atoms with Gasteiger partial charge in [0, 0.05) is 53.9 Å². The number of nitrogens with zero attached hydrogens (tertiary/aromatic N) is 3. The molecule has 1 fully saturated rings.